The molecule has 1 atom stereocenters. The number of nitrogens with one attached hydrogen (secondary N) is 1. The molecule has 0 bridgehead atoms. The van der Waals surface area contributed by atoms with Crippen LogP contribution in [0, 0.1) is 5.92 Å². The summed E-state index contributed by atoms with van der Waals surface area (Å²) in [5.41, 5.74) is 0. The molecule has 0 unspecified atom stereocenters. The third-order valence-electron chi connectivity index (χ3n) is 3.42. The highest BCUT2D eigenvalue weighted by Gasteiger charge is 2.27. The maximum Gasteiger partial charge on any atom is 0.303 e. The van der Waals surface area contributed by atoms with E-state index in [0.29, 0.717) is 19.5 Å². The maximum absolute atomic E-state index is 12.1. The largest absolute Gasteiger partial charge is 0.303 e. The lowest BCUT2D eigenvalue weighted by Gasteiger charge is -2.26. The molecule has 1 saturated heterocycles. The molecule has 7 heteroatoms. The Bertz CT molecular complexity index is 534. The molecule has 1 aromatic rings. The smallest absolute Gasteiger partial charge is 0.274 e. The molecule has 0 saturated carbocycles. The van der Waals surface area contributed by atoms with E-state index in [1.165, 1.54) is 4.31 Å². The number of hydrogen-bond donors (Lipinski definition) is 1. The van der Waals surface area contributed by atoms with Crippen molar-refractivity contribution in [1.82, 2.24) is 9.03 Å². The van der Waals surface area contributed by atoms with Gasteiger partial charge < -0.3 is 0 Å². The zero-order chi connectivity index (χ0) is 14.6. The summed E-state index contributed by atoms with van der Waals surface area (Å²) < 4.78 is 27.8. The lowest BCUT2D eigenvalue weighted by molar-refractivity contribution is -0.122. The molecule has 20 heavy (non-hydrogen) atoms. The molecule has 1 aliphatic rings. The van der Waals surface area contributed by atoms with Gasteiger partial charge in [-0.25, -0.2) is 4.72 Å². The van der Waals surface area contributed by atoms with Gasteiger partial charge in [0.05, 0.1) is 0 Å². The lowest BCUT2D eigenvalue weighted by atomic mass is 10.1. The van der Waals surface area contributed by atoms with Crippen LogP contribution in [0.1, 0.15) is 31.1 Å². The van der Waals surface area contributed by atoms with Crippen LogP contribution < -0.4 is 4.72 Å². The molecule has 1 N–H and O–H groups in total. The van der Waals surface area contributed by atoms with E-state index in [4.69, 9.17) is 0 Å². The van der Waals surface area contributed by atoms with Crippen LogP contribution in [-0.2, 0) is 21.4 Å². The molecular formula is C13H20N2O3S2. The van der Waals surface area contributed by atoms with Crippen molar-refractivity contribution in [3.8, 4) is 0 Å². The van der Waals surface area contributed by atoms with Gasteiger partial charge in [-0.05, 0) is 30.7 Å². The molecule has 0 spiro atoms. The Morgan fingerprint density at radius 1 is 1.40 bits per heavy atom. The van der Waals surface area contributed by atoms with E-state index < -0.39 is 16.1 Å². The topological polar surface area (TPSA) is 66.5 Å². The van der Waals surface area contributed by atoms with Crippen molar-refractivity contribution in [3.05, 3.63) is 22.4 Å². The van der Waals surface area contributed by atoms with Crippen molar-refractivity contribution >= 4 is 27.5 Å². The number of thiophene rings is 1. The van der Waals surface area contributed by atoms with Gasteiger partial charge >= 0.3 is 10.2 Å². The zero-order valence-electron chi connectivity index (χ0n) is 11.5. The summed E-state index contributed by atoms with van der Waals surface area (Å²) in [7, 11) is -3.67. The zero-order valence-corrected chi connectivity index (χ0v) is 13.2. The number of hydrogen-bond acceptors (Lipinski definition) is 4. The van der Waals surface area contributed by atoms with Crippen molar-refractivity contribution in [2.24, 2.45) is 5.92 Å². The van der Waals surface area contributed by atoms with Gasteiger partial charge in [0, 0.05) is 23.9 Å². The van der Waals surface area contributed by atoms with E-state index in [9.17, 15) is 13.2 Å². The van der Waals surface area contributed by atoms with Crippen molar-refractivity contribution in [2.45, 2.75) is 32.6 Å². The van der Waals surface area contributed by atoms with Crippen LogP contribution in [-0.4, -0.2) is 31.7 Å². The second kappa shape index (κ2) is 6.69. The van der Waals surface area contributed by atoms with Gasteiger partial charge in [0.1, 0.15) is 0 Å². The number of rotatable bonds is 5. The van der Waals surface area contributed by atoms with Gasteiger partial charge in [0.15, 0.2) is 0 Å². The average Bonchev–Trinajstić information content (AvgIpc) is 2.92. The van der Waals surface area contributed by atoms with Gasteiger partial charge in [-0.1, -0.05) is 19.4 Å². The first kappa shape index (κ1) is 15.5. The van der Waals surface area contributed by atoms with Crippen molar-refractivity contribution in [1.29, 1.82) is 0 Å². The third kappa shape index (κ3) is 4.04. The van der Waals surface area contributed by atoms with E-state index in [-0.39, 0.29) is 5.92 Å². The standard InChI is InChI=1S/C13H20N2O3S2/c1-11(10-12-6-5-9-19-12)13(16)14-20(17,18)15-7-3-2-4-8-15/h5-6,9,11H,2-4,7-8,10H2,1H3,(H,14,16)/t11-/m1/s1. The first-order valence-electron chi connectivity index (χ1n) is 6.83. The highest BCUT2D eigenvalue weighted by molar-refractivity contribution is 7.87. The van der Waals surface area contributed by atoms with Gasteiger partial charge in [-0.3, -0.25) is 4.79 Å². The Morgan fingerprint density at radius 2 is 2.10 bits per heavy atom. The predicted octanol–water partition coefficient (Wildman–Crippen LogP) is 1.77. The number of nitrogens with zero attached hydrogens (tertiary/aromatic N) is 1. The number of carbonyl (C=O) groups excluding carboxylic acids is 1. The summed E-state index contributed by atoms with van der Waals surface area (Å²) in [6.45, 7) is 2.75. The van der Waals surface area contributed by atoms with Crippen molar-refractivity contribution < 1.29 is 13.2 Å². The van der Waals surface area contributed by atoms with Crippen LogP contribution in [0.15, 0.2) is 17.5 Å². The van der Waals surface area contributed by atoms with Crippen LogP contribution >= 0.6 is 11.3 Å². The minimum Gasteiger partial charge on any atom is -0.274 e. The normalized spacial score (nSPS) is 18.6. The van der Waals surface area contributed by atoms with Crippen molar-refractivity contribution in [2.75, 3.05) is 13.1 Å². The third-order valence-corrected chi connectivity index (χ3v) is 5.82. The predicted molar refractivity (Wildman–Crippen MR) is 79.7 cm³/mol. The van der Waals surface area contributed by atoms with E-state index >= 15 is 0 Å². The Hall–Kier alpha value is -0.920. The molecule has 0 aromatic carbocycles. The van der Waals surface area contributed by atoms with Crippen LogP contribution in [0.5, 0.6) is 0 Å². The highest BCUT2D eigenvalue weighted by atomic mass is 32.2. The number of piperidine rings is 1. The van der Waals surface area contributed by atoms with E-state index in [1.54, 1.807) is 18.3 Å². The Labute approximate surface area is 124 Å². The lowest BCUT2D eigenvalue weighted by Crippen LogP contribution is -2.47. The second-order valence-electron chi connectivity index (χ2n) is 5.12. The molecule has 1 aliphatic heterocycles. The van der Waals surface area contributed by atoms with Gasteiger partial charge in [0.25, 0.3) is 0 Å². The summed E-state index contributed by atoms with van der Waals surface area (Å²) >= 11 is 1.57. The average molecular weight is 316 g/mol. The quantitative estimate of drug-likeness (QED) is 0.900. The van der Waals surface area contributed by atoms with Crippen LogP contribution in [0.25, 0.3) is 0 Å². The van der Waals surface area contributed by atoms with E-state index in [1.807, 2.05) is 17.5 Å². The van der Waals surface area contributed by atoms with E-state index in [0.717, 1.165) is 24.1 Å². The van der Waals surface area contributed by atoms with Gasteiger partial charge in [-0.2, -0.15) is 12.7 Å². The molecular weight excluding hydrogens is 296 g/mol. The summed E-state index contributed by atoms with van der Waals surface area (Å²) in [5, 5.41) is 1.95. The van der Waals surface area contributed by atoms with Crippen LogP contribution in [0.2, 0.25) is 0 Å². The summed E-state index contributed by atoms with van der Waals surface area (Å²) in [5.74, 6) is -0.780. The molecule has 1 fully saturated rings. The van der Waals surface area contributed by atoms with Gasteiger partial charge in [-0.15, -0.1) is 11.3 Å². The van der Waals surface area contributed by atoms with Crippen LogP contribution in [0.4, 0.5) is 0 Å². The molecule has 2 heterocycles. The monoisotopic (exact) mass is 316 g/mol. The summed E-state index contributed by atoms with van der Waals surface area (Å²) in [6.07, 6.45) is 3.34. The van der Waals surface area contributed by atoms with Gasteiger partial charge in [0.2, 0.25) is 5.91 Å². The number of carbonyl (C=O) groups is 1. The molecule has 2 rings (SSSR count). The Kier molecular flexibility index (Phi) is 5.17. The fourth-order valence-electron chi connectivity index (χ4n) is 2.22. The highest BCUT2D eigenvalue weighted by Crippen LogP contribution is 2.16. The Balaban J connectivity index is 1.92. The molecule has 1 aromatic heterocycles. The van der Waals surface area contributed by atoms with E-state index in [2.05, 4.69) is 4.72 Å². The minimum atomic E-state index is -3.67. The molecule has 0 radical (unpaired) electrons. The molecule has 1 amide bonds. The number of amides is 1. The minimum absolute atomic E-state index is 0.354. The first-order valence-corrected chi connectivity index (χ1v) is 9.15. The van der Waals surface area contributed by atoms with Crippen molar-refractivity contribution in [3.63, 3.8) is 0 Å². The SMILES string of the molecule is C[C@H](Cc1cccs1)C(=O)NS(=O)(=O)N1CCCCC1. The maximum atomic E-state index is 12.1. The second-order valence-corrected chi connectivity index (χ2v) is 7.82. The Morgan fingerprint density at radius 3 is 2.70 bits per heavy atom. The molecule has 5 nitrogen and oxygen atoms in total. The summed E-state index contributed by atoms with van der Waals surface area (Å²) in [6, 6.07) is 3.88. The molecule has 0 aliphatic carbocycles. The van der Waals surface area contributed by atoms with Crippen LogP contribution in [0.3, 0.4) is 0 Å². The fraction of sp³-hybridized carbons (Fsp3) is 0.615. The molecule has 112 valence electrons. The first-order chi connectivity index (χ1) is 9.49. The fourth-order valence-corrected chi connectivity index (χ4v) is 4.38. The summed E-state index contributed by atoms with van der Waals surface area (Å²) in [4.78, 5) is 13.1.